The average Bonchev–Trinajstić information content (AvgIpc) is 3.25. The van der Waals surface area contributed by atoms with E-state index in [1.54, 1.807) is 11.3 Å². The van der Waals surface area contributed by atoms with Crippen LogP contribution >= 0.6 is 11.3 Å². The summed E-state index contributed by atoms with van der Waals surface area (Å²) in [5, 5.41) is 4.02. The molecular formula is C19H26N2O4S. The fourth-order valence-corrected chi connectivity index (χ4v) is 4.95. The molecule has 6 nitrogen and oxygen atoms in total. The van der Waals surface area contributed by atoms with Crippen LogP contribution in [0.25, 0.3) is 0 Å². The Labute approximate surface area is 158 Å². The van der Waals surface area contributed by atoms with Crippen LogP contribution in [0.3, 0.4) is 0 Å². The molecule has 0 bridgehead atoms. The highest BCUT2D eigenvalue weighted by Gasteiger charge is 2.51. The Morgan fingerprint density at radius 3 is 2.69 bits per heavy atom. The van der Waals surface area contributed by atoms with E-state index in [0.717, 1.165) is 57.7 Å². The molecule has 1 unspecified atom stereocenters. The van der Waals surface area contributed by atoms with Crippen LogP contribution in [0.5, 0.6) is 0 Å². The van der Waals surface area contributed by atoms with Crippen molar-refractivity contribution < 1.29 is 19.1 Å². The number of cyclic esters (lactones) is 1. The second kappa shape index (κ2) is 7.66. The second-order valence-electron chi connectivity index (χ2n) is 7.61. The zero-order valence-corrected chi connectivity index (χ0v) is 15.8. The molecule has 1 atom stereocenters. The van der Waals surface area contributed by atoms with Crippen LogP contribution in [0, 0.1) is 5.41 Å². The summed E-state index contributed by atoms with van der Waals surface area (Å²) < 4.78 is 11.1. The highest BCUT2D eigenvalue weighted by molar-refractivity contribution is 7.08. The molecule has 4 heterocycles. The summed E-state index contributed by atoms with van der Waals surface area (Å²) in [5.41, 5.74) is 0.696. The lowest BCUT2D eigenvalue weighted by atomic mass is 9.76. The Morgan fingerprint density at radius 2 is 2.00 bits per heavy atom. The Hall–Kier alpha value is -1.44. The number of hydrogen-bond acceptors (Lipinski definition) is 6. The van der Waals surface area contributed by atoms with Gasteiger partial charge in [0.05, 0.1) is 25.0 Å². The number of amides is 1. The van der Waals surface area contributed by atoms with Crippen molar-refractivity contribution in [3.63, 3.8) is 0 Å². The van der Waals surface area contributed by atoms with Crippen LogP contribution < -0.4 is 0 Å². The van der Waals surface area contributed by atoms with Crippen LogP contribution in [0.4, 0.5) is 0 Å². The minimum atomic E-state index is -0.379. The van der Waals surface area contributed by atoms with E-state index < -0.39 is 0 Å². The van der Waals surface area contributed by atoms with Crippen molar-refractivity contribution in [2.24, 2.45) is 5.41 Å². The molecule has 1 amide bonds. The van der Waals surface area contributed by atoms with E-state index in [1.165, 1.54) is 0 Å². The molecule has 0 aromatic carbocycles. The zero-order valence-electron chi connectivity index (χ0n) is 15.0. The molecule has 3 aliphatic rings. The van der Waals surface area contributed by atoms with E-state index in [-0.39, 0.29) is 23.4 Å². The van der Waals surface area contributed by atoms with E-state index in [2.05, 4.69) is 4.90 Å². The number of carbonyl (C=O) groups excluding carboxylic acids is 2. The van der Waals surface area contributed by atoms with Gasteiger partial charge in [-0.25, -0.2) is 0 Å². The molecule has 0 aliphatic carbocycles. The van der Waals surface area contributed by atoms with Crippen molar-refractivity contribution >= 4 is 23.2 Å². The molecule has 1 aromatic heterocycles. The van der Waals surface area contributed by atoms with Gasteiger partial charge in [0, 0.05) is 39.1 Å². The van der Waals surface area contributed by atoms with E-state index in [9.17, 15) is 9.59 Å². The predicted octanol–water partition coefficient (Wildman–Crippen LogP) is 1.55. The summed E-state index contributed by atoms with van der Waals surface area (Å²) in [5.74, 6) is 0.107. The SMILES string of the molecule is O=C(Cc1ccsc1)N1CCC2(CC1)CC(CN1CCOCC1)OC2=O. The van der Waals surface area contributed by atoms with Crippen molar-refractivity contribution in [2.45, 2.75) is 31.8 Å². The summed E-state index contributed by atoms with van der Waals surface area (Å²) in [4.78, 5) is 29.3. The van der Waals surface area contributed by atoms with Gasteiger partial charge in [0.1, 0.15) is 6.10 Å². The highest BCUT2D eigenvalue weighted by Crippen LogP contribution is 2.43. The Kier molecular flexibility index (Phi) is 5.29. The van der Waals surface area contributed by atoms with Crippen molar-refractivity contribution in [1.29, 1.82) is 0 Å². The first-order valence-electron chi connectivity index (χ1n) is 9.45. The number of esters is 1. The number of thiophene rings is 1. The third-order valence-electron chi connectivity index (χ3n) is 5.90. The number of morpholine rings is 1. The van der Waals surface area contributed by atoms with Crippen molar-refractivity contribution in [3.8, 4) is 0 Å². The van der Waals surface area contributed by atoms with Crippen LogP contribution in [0.15, 0.2) is 16.8 Å². The maximum atomic E-state index is 12.6. The second-order valence-corrected chi connectivity index (χ2v) is 8.39. The molecule has 7 heteroatoms. The zero-order chi connectivity index (χ0) is 18.0. The molecule has 0 N–H and O–H groups in total. The number of ether oxygens (including phenoxy) is 2. The first-order chi connectivity index (χ1) is 12.6. The largest absolute Gasteiger partial charge is 0.461 e. The molecular weight excluding hydrogens is 352 g/mol. The number of hydrogen-bond donors (Lipinski definition) is 0. The molecule has 26 heavy (non-hydrogen) atoms. The molecule has 1 aromatic rings. The Bertz CT molecular complexity index is 634. The van der Waals surface area contributed by atoms with Crippen molar-refractivity contribution in [2.75, 3.05) is 45.9 Å². The maximum absolute atomic E-state index is 12.6. The van der Waals surface area contributed by atoms with Crippen LogP contribution in [0.2, 0.25) is 0 Å². The Morgan fingerprint density at radius 1 is 1.23 bits per heavy atom. The lowest BCUT2D eigenvalue weighted by Gasteiger charge is -2.36. The van der Waals surface area contributed by atoms with Crippen LogP contribution in [-0.4, -0.2) is 73.7 Å². The van der Waals surface area contributed by atoms with E-state index in [0.29, 0.717) is 19.5 Å². The molecule has 3 aliphatic heterocycles. The topological polar surface area (TPSA) is 59.1 Å². The van der Waals surface area contributed by atoms with Gasteiger partial charge >= 0.3 is 5.97 Å². The molecule has 1 spiro atoms. The van der Waals surface area contributed by atoms with Gasteiger partial charge in [-0.3, -0.25) is 14.5 Å². The Balaban J connectivity index is 1.30. The fourth-order valence-electron chi connectivity index (χ4n) is 4.28. The van der Waals surface area contributed by atoms with Crippen LogP contribution in [-0.2, 0) is 25.5 Å². The third kappa shape index (κ3) is 3.80. The first-order valence-corrected chi connectivity index (χ1v) is 10.4. The molecule has 0 saturated carbocycles. The van der Waals surface area contributed by atoms with Gasteiger partial charge < -0.3 is 14.4 Å². The standard InChI is InChI=1S/C19H26N2O4S/c22-17(11-15-1-10-26-14-15)21-4-2-19(3-5-21)12-16(25-18(19)23)13-20-6-8-24-9-7-20/h1,10,14,16H,2-9,11-13H2. The monoisotopic (exact) mass is 378 g/mol. The van der Waals surface area contributed by atoms with E-state index in [1.807, 2.05) is 21.7 Å². The van der Waals surface area contributed by atoms with Gasteiger partial charge in [0.25, 0.3) is 0 Å². The van der Waals surface area contributed by atoms with Gasteiger partial charge in [-0.2, -0.15) is 11.3 Å². The quantitative estimate of drug-likeness (QED) is 0.744. The molecule has 3 saturated heterocycles. The van der Waals surface area contributed by atoms with Crippen LogP contribution in [0.1, 0.15) is 24.8 Å². The summed E-state index contributed by atoms with van der Waals surface area (Å²) >= 11 is 1.61. The molecule has 3 fully saturated rings. The fraction of sp³-hybridized carbons (Fsp3) is 0.684. The number of rotatable bonds is 4. The van der Waals surface area contributed by atoms with E-state index >= 15 is 0 Å². The minimum absolute atomic E-state index is 0.0198. The van der Waals surface area contributed by atoms with Gasteiger partial charge in [-0.05, 0) is 35.2 Å². The summed E-state index contributed by atoms with van der Waals surface area (Å²) in [6.45, 7) is 5.44. The van der Waals surface area contributed by atoms with Gasteiger partial charge in [-0.15, -0.1) is 0 Å². The number of nitrogens with zero attached hydrogens (tertiary/aromatic N) is 2. The lowest BCUT2D eigenvalue weighted by molar-refractivity contribution is -0.153. The summed E-state index contributed by atoms with van der Waals surface area (Å²) in [6.07, 6.45) is 2.67. The van der Waals surface area contributed by atoms with Gasteiger partial charge in [-0.1, -0.05) is 0 Å². The lowest BCUT2D eigenvalue weighted by Crippen LogP contribution is -2.45. The first kappa shape index (κ1) is 17.9. The molecule has 4 rings (SSSR count). The highest BCUT2D eigenvalue weighted by atomic mass is 32.1. The van der Waals surface area contributed by atoms with Gasteiger partial charge in [0.15, 0.2) is 0 Å². The number of piperidine rings is 1. The minimum Gasteiger partial charge on any atom is -0.461 e. The smallest absolute Gasteiger partial charge is 0.312 e. The molecule has 142 valence electrons. The normalized spacial score (nSPS) is 26.2. The van der Waals surface area contributed by atoms with E-state index in [4.69, 9.17) is 9.47 Å². The number of carbonyl (C=O) groups is 2. The summed E-state index contributed by atoms with van der Waals surface area (Å²) in [7, 11) is 0. The third-order valence-corrected chi connectivity index (χ3v) is 6.63. The van der Waals surface area contributed by atoms with Crippen molar-refractivity contribution in [1.82, 2.24) is 9.80 Å². The predicted molar refractivity (Wildman–Crippen MR) is 98.0 cm³/mol. The van der Waals surface area contributed by atoms with Crippen molar-refractivity contribution in [3.05, 3.63) is 22.4 Å². The summed E-state index contributed by atoms with van der Waals surface area (Å²) in [6, 6.07) is 2.00. The molecule has 0 radical (unpaired) electrons. The average molecular weight is 378 g/mol. The maximum Gasteiger partial charge on any atom is 0.312 e. The number of likely N-dealkylation sites (tertiary alicyclic amines) is 1. The van der Waals surface area contributed by atoms with Gasteiger partial charge in [0.2, 0.25) is 5.91 Å².